The van der Waals surface area contributed by atoms with Crippen LogP contribution in [0.25, 0.3) is 0 Å². The molecule has 19 heavy (non-hydrogen) atoms. The number of nitrogens with zero attached hydrogens (tertiary/aromatic N) is 1. The van der Waals surface area contributed by atoms with Crippen LogP contribution in [0.5, 0.6) is 0 Å². The van der Waals surface area contributed by atoms with E-state index in [9.17, 15) is 8.42 Å². The van der Waals surface area contributed by atoms with Gasteiger partial charge in [-0.3, -0.25) is 0 Å². The molecule has 5 nitrogen and oxygen atoms in total. The molecule has 0 aliphatic rings. The summed E-state index contributed by atoms with van der Waals surface area (Å²) in [6.45, 7) is 2.54. The van der Waals surface area contributed by atoms with Gasteiger partial charge in [0.05, 0.1) is 0 Å². The maximum Gasteiger partial charge on any atom is 0.182 e. The van der Waals surface area contributed by atoms with Gasteiger partial charge >= 0.3 is 0 Å². The first-order valence-electron chi connectivity index (χ1n) is 5.62. The van der Waals surface area contributed by atoms with Gasteiger partial charge in [0.2, 0.25) is 0 Å². The lowest BCUT2D eigenvalue weighted by atomic mass is 10.1. The Kier molecular flexibility index (Phi) is 3.77. The van der Waals surface area contributed by atoms with Crippen molar-refractivity contribution in [3.8, 4) is 0 Å². The lowest BCUT2D eigenvalue weighted by Crippen LogP contribution is -2.05. The summed E-state index contributed by atoms with van der Waals surface area (Å²) in [7, 11) is -3.37. The first-order valence-corrected chi connectivity index (χ1v) is 8.29. The molecule has 102 valence electrons. The normalized spacial score (nSPS) is 11.5. The van der Waals surface area contributed by atoms with Gasteiger partial charge in [0.1, 0.15) is 9.90 Å². The van der Waals surface area contributed by atoms with Crippen LogP contribution < -0.4 is 11.1 Å². The van der Waals surface area contributed by atoms with E-state index in [-0.39, 0.29) is 10.7 Å². The van der Waals surface area contributed by atoms with E-state index < -0.39 is 9.84 Å². The molecular weight excluding hydrogens is 282 g/mol. The molecule has 0 fully saturated rings. The molecule has 1 aromatic carbocycles. The van der Waals surface area contributed by atoms with Gasteiger partial charge in [-0.15, -0.1) is 0 Å². The molecule has 0 unspecified atom stereocenters. The number of aryl methyl sites for hydroxylation is 1. The van der Waals surface area contributed by atoms with Crippen LogP contribution in [0.4, 0.5) is 10.8 Å². The number of nitrogen functional groups attached to an aromatic ring is 1. The molecule has 0 amide bonds. The van der Waals surface area contributed by atoms with E-state index in [1.807, 2.05) is 31.2 Å². The number of hydrogen-bond donors (Lipinski definition) is 2. The van der Waals surface area contributed by atoms with Gasteiger partial charge in [0.15, 0.2) is 15.7 Å². The van der Waals surface area contributed by atoms with Crippen molar-refractivity contribution in [2.75, 3.05) is 17.3 Å². The highest BCUT2D eigenvalue weighted by Crippen LogP contribution is 2.31. The Morgan fingerprint density at radius 1 is 1.42 bits per heavy atom. The van der Waals surface area contributed by atoms with Crippen LogP contribution in [0, 0.1) is 6.92 Å². The monoisotopic (exact) mass is 297 g/mol. The zero-order valence-corrected chi connectivity index (χ0v) is 12.3. The minimum Gasteiger partial charge on any atom is -0.382 e. The van der Waals surface area contributed by atoms with E-state index in [1.165, 1.54) is 0 Å². The van der Waals surface area contributed by atoms with Crippen LogP contribution in [0.15, 0.2) is 29.2 Å². The topological polar surface area (TPSA) is 85.1 Å². The molecule has 7 heteroatoms. The lowest BCUT2D eigenvalue weighted by molar-refractivity contribution is 0.602. The highest BCUT2D eigenvalue weighted by molar-refractivity contribution is 7.91. The van der Waals surface area contributed by atoms with Gasteiger partial charge in [-0.25, -0.2) is 8.42 Å². The Hall–Kier alpha value is -1.60. The highest BCUT2D eigenvalue weighted by atomic mass is 32.2. The molecule has 2 aromatic rings. The Morgan fingerprint density at radius 3 is 2.79 bits per heavy atom. The quantitative estimate of drug-likeness (QED) is 0.902. The van der Waals surface area contributed by atoms with Crippen molar-refractivity contribution in [2.24, 2.45) is 0 Å². The number of nitrogens with one attached hydrogen (secondary N) is 1. The molecule has 0 saturated heterocycles. The van der Waals surface area contributed by atoms with E-state index >= 15 is 0 Å². The maximum atomic E-state index is 11.6. The molecular formula is C12H15N3O2S2. The summed E-state index contributed by atoms with van der Waals surface area (Å²) in [6.07, 6.45) is 1.13. The number of sulfone groups is 1. The average molecular weight is 297 g/mol. The van der Waals surface area contributed by atoms with E-state index in [0.717, 1.165) is 28.9 Å². The molecule has 0 aliphatic heterocycles. The molecule has 3 N–H and O–H groups in total. The number of aromatic nitrogens is 1. The minimum absolute atomic E-state index is 0.0549. The molecule has 0 aliphatic carbocycles. The Labute approximate surface area is 116 Å². The second kappa shape index (κ2) is 5.18. The molecule has 1 aromatic heterocycles. The van der Waals surface area contributed by atoms with Gasteiger partial charge in [-0.05, 0) is 24.0 Å². The number of nitrogens with two attached hydrogens (primary N) is 1. The van der Waals surface area contributed by atoms with Gasteiger partial charge in [0, 0.05) is 12.8 Å². The zero-order chi connectivity index (χ0) is 14.0. The maximum absolute atomic E-state index is 11.6. The lowest BCUT2D eigenvalue weighted by Gasteiger charge is -2.06. The molecule has 0 atom stereocenters. The van der Waals surface area contributed by atoms with E-state index in [4.69, 9.17) is 5.73 Å². The standard InChI is InChI=1S/C12H15N3O2S2/c1-8-4-3-5-9(6-8)7-14-12-10(19(2,16)17)11(13)15-18-12/h3-6,14H,7H2,1-2H3,(H2,13,15). The summed E-state index contributed by atoms with van der Waals surface area (Å²) in [5, 5.41) is 3.57. The van der Waals surface area contributed by atoms with Gasteiger partial charge < -0.3 is 11.1 Å². The summed E-state index contributed by atoms with van der Waals surface area (Å²) in [5.74, 6) is 0.0549. The Balaban J connectivity index is 2.21. The largest absolute Gasteiger partial charge is 0.382 e. The predicted octanol–water partition coefficient (Wildman–Crippen LogP) is 2.05. The summed E-state index contributed by atoms with van der Waals surface area (Å²) in [6, 6.07) is 7.99. The van der Waals surface area contributed by atoms with Gasteiger partial charge in [-0.1, -0.05) is 29.8 Å². The number of anilines is 2. The minimum atomic E-state index is -3.37. The van der Waals surface area contributed by atoms with E-state index in [2.05, 4.69) is 9.69 Å². The van der Waals surface area contributed by atoms with Crippen molar-refractivity contribution >= 4 is 32.2 Å². The number of hydrogen-bond acceptors (Lipinski definition) is 6. The molecule has 2 rings (SSSR count). The second-order valence-corrected chi connectivity index (χ2v) is 7.07. The van der Waals surface area contributed by atoms with Crippen LogP contribution in [-0.4, -0.2) is 19.0 Å². The number of benzene rings is 1. The summed E-state index contributed by atoms with van der Waals surface area (Å²) >= 11 is 1.06. The van der Waals surface area contributed by atoms with E-state index in [1.54, 1.807) is 0 Å². The van der Waals surface area contributed by atoms with Crippen molar-refractivity contribution < 1.29 is 8.42 Å². The number of rotatable bonds is 4. The van der Waals surface area contributed by atoms with Crippen LogP contribution in [0.2, 0.25) is 0 Å². The first kappa shape index (κ1) is 13.8. The summed E-state index contributed by atoms with van der Waals surface area (Å²) < 4.78 is 27.2. The Bertz CT molecular complexity index is 693. The highest BCUT2D eigenvalue weighted by Gasteiger charge is 2.20. The third kappa shape index (κ3) is 3.24. The molecule has 0 saturated carbocycles. The van der Waals surface area contributed by atoms with Crippen molar-refractivity contribution in [1.82, 2.24) is 4.37 Å². The third-order valence-electron chi connectivity index (χ3n) is 2.58. The van der Waals surface area contributed by atoms with Gasteiger partial charge in [-0.2, -0.15) is 4.37 Å². The van der Waals surface area contributed by atoms with Crippen LogP contribution in [0.1, 0.15) is 11.1 Å². The summed E-state index contributed by atoms with van der Waals surface area (Å²) in [5.41, 5.74) is 7.83. The fraction of sp³-hybridized carbons (Fsp3) is 0.250. The summed E-state index contributed by atoms with van der Waals surface area (Å²) in [4.78, 5) is 0.0881. The van der Waals surface area contributed by atoms with Crippen molar-refractivity contribution in [3.63, 3.8) is 0 Å². The average Bonchev–Trinajstić information content (AvgIpc) is 2.67. The first-order chi connectivity index (χ1) is 8.88. The van der Waals surface area contributed by atoms with Crippen LogP contribution in [0.3, 0.4) is 0 Å². The SMILES string of the molecule is Cc1cccc(CNc2snc(N)c2S(C)(=O)=O)c1. The van der Waals surface area contributed by atoms with Crippen LogP contribution in [-0.2, 0) is 16.4 Å². The van der Waals surface area contributed by atoms with Gasteiger partial charge in [0.25, 0.3) is 0 Å². The smallest absolute Gasteiger partial charge is 0.182 e. The van der Waals surface area contributed by atoms with Crippen molar-refractivity contribution in [2.45, 2.75) is 18.4 Å². The molecule has 0 bridgehead atoms. The fourth-order valence-electron chi connectivity index (χ4n) is 1.77. The van der Waals surface area contributed by atoms with Crippen molar-refractivity contribution in [3.05, 3.63) is 35.4 Å². The predicted molar refractivity (Wildman–Crippen MR) is 78.1 cm³/mol. The molecule has 0 radical (unpaired) electrons. The Morgan fingerprint density at radius 2 is 2.16 bits per heavy atom. The molecule has 1 heterocycles. The van der Waals surface area contributed by atoms with Crippen LogP contribution >= 0.6 is 11.5 Å². The fourth-order valence-corrected chi connectivity index (χ4v) is 3.83. The van der Waals surface area contributed by atoms with E-state index in [0.29, 0.717) is 11.5 Å². The third-order valence-corrected chi connectivity index (χ3v) is 4.68. The molecule has 0 spiro atoms. The van der Waals surface area contributed by atoms with Crippen molar-refractivity contribution in [1.29, 1.82) is 0 Å². The second-order valence-electron chi connectivity index (χ2n) is 4.34. The zero-order valence-electron chi connectivity index (χ0n) is 10.7.